The quantitative estimate of drug-likeness (QED) is 0.804. The van der Waals surface area contributed by atoms with E-state index in [4.69, 9.17) is 5.11 Å². The Morgan fingerprint density at radius 2 is 2.12 bits per heavy atom. The van der Waals surface area contributed by atoms with Crippen molar-refractivity contribution in [1.29, 1.82) is 0 Å². The molecule has 1 aliphatic heterocycles. The molecule has 17 heavy (non-hydrogen) atoms. The van der Waals surface area contributed by atoms with E-state index in [-0.39, 0.29) is 5.91 Å². The number of carbonyl (C=O) groups is 2. The van der Waals surface area contributed by atoms with Gasteiger partial charge < -0.3 is 10.0 Å². The first-order valence-corrected chi connectivity index (χ1v) is 5.46. The molecule has 0 fully saturated rings. The lowest BCUT2D eigenvalue weighted by atomic mass is 10.0. The SMILES string of the molecule is O=C(O)C=CCN1C(=O)CCc2ccccc21. The van der Waals surface area contributed by atoms with Crippen molar-refractivity contribution in [2.75, 3.05) is 11.4 Å². The Kier molecular flexibility index (Phi) is 3.23. The normalized spacial score (nSPS) is 15.1. The molecule has 4 nitrogen and oxygen atoms in total. The second kappa shape index (κ2) is 4.82. The average molecular weight is 231 g/mol. The van der Waals surface area contributed by atoms with E-state index >= 15 is 0 Å². The van der Waals surface area contributed by atoms with Crippen LogP contribution in [0.4, 0.5) is 5.69 Å². The second-order valence-electron chi connectivity index (χ2n) is 3.87. The Bertz CT molecular complexity index is 479. The number of fused-ring (bicyclic) bond motifs is 1. The number of nitrogens with zero attached hydrogens (tertiary/aromatic N) is 1. The first kappa shape index (κ1) is 11.4. The Labute approximate surface area is 99.2 Å². The van der Waals surface area contributed by atoms with Crippen LogP contribution in [-0.2, 0) is 16.0 Å². The first-order chi connectivity index (χ1) is 8.18. The smallest absolute Gasteiger partial charge is 0.328 e. The largest absolute Gasteiger partial charge is 0.478 e. The number of benzene rings is 1. The molecule has 4 heteroatoms. The third kappa shape index (κ3) is 2.53. The van der Waals surface area contributed by atoms with Gasteiger partial charge in [0.1, 0.15) is 0 Å². The second-order valence-corrected chi connectivity index (χ2v) is 3.87. The van der Waals surface area contributed by atoms with Gasteiger partial charge in [-0.2, -0.15) is 0 Å². The predicted octanol–water partition coefficient (Wildman–Crippen LogP) is 1.61. The molecule has 1 aromatic carbocycles. The van der Waals surface area contributed by atoms with Crippen LogP contribution in [0, 0.1) is 0 Å². The van der Waals surface area contributed by atoms with Gasteiger partial charge in [0.15, 0.2) is 0 Å². The molecular formula is C13H13NO3. The fraction of sp³-hybridized carbons (Fsp3) is 0.231. The molecule has 1 aliphatic rings. The summed E-state index contributed by atoms with van der Waals surface area (Å²) < 4.78 is 0. The fourth-order valence-corrected chi connectivity index (χ4v) is 1.96. The average Bonchev–Trinajstić information content (AvgIpc) is 2.32. The maximum Gasteiger partial charge on any atom is 0.328 e. The van der Waals surface area contributed by atoms with Gasteiger partial charge in [-0.15, -0.1) is 0 Å². The minimum Gasteiger partial charge on any atom is -0.478 e. The van der Waals surface area contributed by atoms with Crippen molar-refractivity contribution in [3.05, 3.63) is 42.0 Å². The molecule has 1 heterocycles. The van der Waals surface area contributed by atoms with Crippen molar-refractivity contribution < 1.29 is 14.7 Å². The highest BCUT2D eigenvalue weighted by Gasteiger charge is 2.22. The third-order valence-corrected chi connectivity index (χ3v) is 2.74. The maximum atomic E-state index is 11.8. The van der Waals surface area contributed by atoms with Crippen LogP contribution in [0.3, 0.4) is 0 Å². The van der Waals surface area contributed by atoms with Crippen LogP contribution in [0.1, 0.15) is 12.0 Å². The van der Waals surface area contributed by atoms with E-state index < -0.39 is 5.97 Å². The Morgan fingerprint density at radius 3 is 2.88 bits per heavy atom. The molecule has 0 saturated heterocycles. The molecule has 0 bridgehead atoms. The highest BCUT2D eigenvalue weighted by atomic mass is 16.4. The summed E-state index contributed by atoms with van der Waals surface area (Å²) in [4.78, 5) is 23.8. The number of para-hydroxylation sites is 1. The lowest BCUT2D eigenvalue weighted by Gasteiger charge is -2.28. The lowest BCUT2D eigenvalue weighted by molar-refractivity contribution is -0.131. The van der Waals surface area contributed by atoms with Crippen LogP contribution in [0.25, 0.3) is 0 Å². The Balaban J connectivity index is 2.21. The van der Waals surface area contributed by atoms with E-state index in [1.165, 1.54) is 6.08 Å². The zero-order chi connectivity index (χ0) is 12.3. The van der Waals surface area contributed by atoms with Crippen LogP contribution in [0.2, 0.25) is 0 Å². The van der Waals surface area contributed by atoms with Crippen molar-refractivity contribution in [2.24, 2.45) is 0 Å². The van der Waals surface area contributed by atoms with Crippen LogP contribution < -0.4 is 4.90 Å². The van der Waals surface area contributed by atoms with Gasteiger partial charge in [-0.3, -0.25) is 4.79 Å². The number of hydrogen-bond donors (Lipinski definition) is 1. The number of aryl methyl sites for hydroxylation is 1. The number of rotatable bonds is 3. The molecular weight excluding hydrogens is 218 g/mol. The van der Waals surface area contributed by atoms with E-state index in [1.807, 2.05) is 24.3 Å². The van der Waals surface area contributed by atoms with E-state index in [0.717, 1.165) is 23.7 Å². The summed E-state index contributed by atoms with van der Waals surface area (Å²) in [5.41, 5.74) is 2.02. The number of carboxylic acid groups (broad SMARTS) is 1. The minimum absolute atomic E-state index is 0.0405. The minimum atomic E-state index is -0.997. The van der Waals surface area contributed by atoms with Gasteiger partial charge in [0.25, 0.3) is 0 Å². The van der Waals surface area contributed by atoms with E-state index in [1.54, 1.807) is 4.90 Å². The molecule has 0 aliphatic carbocycles. The molecule has 0 radical (unpaired) electrons. The first-order valence-electron chi connectivity index (χ1n) is 5.46. The summed E-state index contributed by atoms with van der Waals surface area (Å²) in [7, 11) is 0. The fourth-order valence-electron chi connectivity index (χ4n) is 1.96. The highest BCUT2D eigenvalue weighted by Crippen LogP contribution is 2.27. The number of aliphatic carboxylic acids is 1. The predicted molar refractivity (Wildman–Crippen MR) is 63.9 cm³/mol. The molecule has 2 rings (SSSR count). The monoisotopic (exact) mass is 231 g/mol. The molecule has 0 saturated carbocycles. The van der Waals surface area contributed by atoms with Gasteiger partial charge in [0.2, 0.25) is 5.91 Å². The Hall–Kier alpha value is -2.10. The molecule has 1 N–H and O–H groups in total. The van der Waals surface area contributed by atoms with Gasteiger partial charge in [0, 0.05) is 24.7 Å². The summed E-state index contributed by atoms with van der Waals surface area (Å²) in [5.74, 6) is -0.957. The number of hydrogen-bond acceptors (Lipinski definition) is 2. The highest BCUT2D eigenvalue weighted by molar-refractivity contribution is 5.96. The summed E-state index contributed by atoms with van der Waals surface area (Å²) in [5, 5.41) is 8.51. The molecule has 0 unspecified atom stereocenters. The van der Waals surface area contributed by atoms with Crippen LogP contribution >= 0.6 is 0 Å². The zero-order valence-corrected chi connectivity index (χ0v) is 9.30. The van der Waals surface area contributed by atoms with Crippen molar-refractivity contribution in [1.82, 2.24) is 0 Å². The summed E-state index contributed by atoms with van der Waals surface area (Å²) in [6.07, 6.45) is 3.79. The summed E-state index contributed by atoms with van der Waals surface area (Å²) in [6.45, 7) is 0.308. The summed E-state index contributed by atoms with van der Waals surface area (Å²) >= 11 is 0. The maximum absolute atomic E-state index is 11.8. The van der Waals surface area contributed by atoms with Crippen molar-refractivity contribution in [3.8, 4) is 0 Å². The zero-order valence-electron chi connectivity index (χ0n) is 9.30. The molecule has 0 spiro atoms. The third-order valence-electron chi connectivity index (χ3n) is 2.74. The van der Waals surface area contributed by atoms with Gasteiger partial charge in [-0.25, -0.2) is 4.79 Å². The molecule has 88 valence electrons. The lowest BCUT2D eigenvalue weighted by Crippen LogP contribution is -2.35. The number of carboxylic acids is 1. The van der Waals surface area contributed by atoms with E-state index in [9.17, 15) is 9.59 Å². The molecule has 1 amide bonds. The molecule has 0 atom stereocenters. The van der Waals surface area contributed by atoms with Crippen molar-refractivity contribution >= 4 is 17.6 Å². The Morgan fingerprint density at radius 1 is 1.35 bits per heavy atom. The van der Waals surface area contributed by atoms with Gasteiger partial charge in [-0.05, 0) is 18.1 Å². The van der Waals surface area contributed by atoms with Crippen LogP contribution in [0.15, 0.2) is 36.4 Å². The molecule has 0 aromatic heterocycles. The molecule has 1 aromatic rings. The topological polar surface area (TPSA) is 57.6 Å². The van der Waals surface area contributed by atoms with Gasteiger partial charge >= 0.3 is 5.97 Å². The van der Waals surface area contributed by atoms with Crippen LogP contribution in [-0.4, -0.2) is 23.5 Å². The summed E-state index contributed by atoms with van der Waals surface area (Å²) in [6, 6.07) is 7.71. The number of amides is 1. The van der Waals surface area contributed by atoms with Gasteiger partial charge in [0.05, 0.1) is 0 Å². The standard InChI is InChI=1S/C13H13NO3/c15-12-8-7-10-4-1-2-5-11(10)14(12)9-3-6-13(16)17/h1-6H,7-9H2,(H,16,17). The van der Waals surface area contributed by atoms with Crippen molar-refractivity contribution in [3.63, 3.8) is 0 Å². The van der Waals surface area contributed by atoms with E-state index in [0.29, 0.717) is 13.0 Å². The number of anilines is 1. The van der Waals surface area contributed by atoms with E-state index in [2.05, 4.69) is 0 Å². The van der Waals surface area contributed by atoms with Crippen molar-refractivity contribution in [2.45, 2.75) is 12.8 Å². The van der Waals surface area contributed by atoms with Gasteiger partial charge in [-0.1, -0.05) is 24.3 Å². The number of carbonyl (C=O) groups excluding carboxylic acids is 1. The van der Waals surface area contributed by atoms with Crippen LogP contribution in [0.5, 0.6) is 0 Å².